The second-order valence-corrected chi connectivity index (χ2v) is 7.35. The molecule has 2 aromatic rings. The van der Waals surface area contributed by atoms with Gasteiger partial charge >= 0.3 is 0 Å². The quantitative estimate of drug-likeness (QED) is 0.912. The van der Waals surface area contributed by atoms with Gasteiger partial charge in [-0.3, -0.25) is 9.58 Å². The van der Waals surface area contributed by atoms with Crippen molar-refractivity contribution < 1.29 is 9.84 Å². The largest absolute Gasteiger partial charge is 0.497 e. The summed E-state index contributed by atoms with van der Waals surface area (Å²) in [7, 11) is 1.70. The van der Waals surface area contributed by atoms with Crippen molar-refractivity contribution in [3.8, 4) is 5.75 Å². The molecule has 0 radical (unpaired) electrons. The summed E-state index contributed by atoms with van der Waals surface area (Å²) in [5.74, 6) is 0.908. The molecule has 1 N–H and O–H groups in total. The predicted molar refractivity (Wildman–Crippen MR) is 101 cm³/mol. The number of methoxy groups -OCH3 is 1. The Morgan fingerprint density at radius 3 is 2.50 bits per heavy atom. The molecule has 1 aromatic carbocycles. The molecule has 140 valence electrons. The Labute approximate surface area is 155 Å². The highest BCUT2D eigenvalue weighted by Gasteiger charge is 2.28. The van der Waals surface area contributed by atoms with Crippen LogP contribution >= 0.6 is 0 Å². The first-order valence-electron chi connectivity index (χ1n) is 9.52. The molecule has 2 aliphatic heterocycles. The zero-order valence-corrected chi connectivity index (χ0v) is 15.6. The predicted octanol–water partition coefficient (Wildman–Crippen LogP) is 2.43. The number of benzene rings is 1. The molecule has 1 atom stereocenters. The third-order valence-electron chi connectivity index (χ3n) is 5.69. The Morgan fingerprint density at radius 2 is 1.85 bits per heavy atom. The average molecular weight is 356 g/mol. The van der Waals surface area contributed by atoms with Crippen molar-refractivity contribution in [2.75, 3.05) is 31.6 Å². The van der Waals surface area contributed by atoms with Crippen LogP contribution in [-0.4, -0.2) is 52.6 Å². The van der Waals surface area contributed by atoms with Crippen molar-refractivity contribution in [1.29, 1.82) is 0 Å². The number of ether oxygens (including phenoxy) is 1. The summed E-state index contributed by atoms with van der Waals surface area (Å²) in [4.78, 5) is 5.06. The van der Waals surface area contributed by atoms with Gasteiger partial charge in [0.1, 0.15) is 5.75 Å². The summed E-state index contributed by atoms with van der Waals surface area (Å²) < 4.78 is 7.31. The van der Waals surface area contributed by atoms with Gasteiger partial charge in [-0.2, -0.15) is 5.10 Å². The van der Waals surface area contributed by atoms with Crippen LogP contribution in [0, 0.1) is 0 Å². The van der Waals surface area contributed by atoms with Crippen LogP contribution in [0.3, 0.4) is 0 Å². The molecule has 3 heterocycles. The molecular formula is C20H28N4O2. The van der Waals surface area contributed by atoms with Gasteiger partial charge in [-0.15, -0.1) is 0 Å². The van der Waals surface area contributed by atoms with E-state index < -0.39 is 6.10 Å². The third kappa shape index (κ3) is 3.44. The zero-order valence-electron chi connectivity index (χ0n) is 15.6. The number of nitrogens with zero attached hydrogens (tertiary/aromatic N) is 4. The van der Waals surface area contributed by atoms with Crippen molar-refractivity contribution in [3.63, 3.8) is 0 Å². The van der Waals surface area contributed by atoms with Gasteiger partial charge in [-0.05, 0) is 50.1 Å². The number of hydrogen-bond donors (Lipinski definition) is 1. The molecule has 0 saturated carbocycles. The number of fused-ring (bicyclic) bond motifs is 1. The van der Waals surface area contributed by atoms with E-state index in [2.05, 4.69) is 37.8 Å². The second kappa shape index (κ2) is 7.29. The van der Waals surface area contributed by atoms with Crippen molar-refractivity contribution in [2.24, 2.45) is 0 Å². The summed E-state index contributed by atoms with van der Waals surface area (Å²) >= 11 is 0. The van der Waals surface area contributed by atoms with Gasteiger partial charge in [-0.1, -0.05) is 0 Å². The lowest BCUT2D eigenvalue weighted by Gasteiger charge is -2.41. The van der Waals surface area contributed by atoms with Crippen LogP contribution in [0.2, 0.25) is 0 Å². The average Bonchev–Trinajstić information content (AvgIpc) is 3.12. The molecule has 0 amide bonds. The fourth-order valence-corrected chi connectivity index (χ4v) is 4.11. The Morgan fingerprint density at radius 1 is 1.12 bits per heavy atom. The van der Waals surface area contributed by atoms with Crippen LogP contribution in [0.1, 0.15) is 37.3 Å². The monoisotopic (exact) mass is 356 g/mol. The zero-order chi connectivity index (χ0) is 18.1. The van der Waals surface area contributed by atoms with Crippen molar-refractivity contribution in [1.82, 2.24) is 14.7 Å². The molecule has 1 aromatic heterocycles. The number of aliphatic hydroxyl groups excluding tert-OH is 1. The molecule has 6 heteroatoms. The van der Waals surface area contributed by atoms with E-state index in [0.717, 1.165) is 44.2 Å². The van der Waals surface area contributed by atoms with Gasteiger partial charge in [0.05, 0.1) is 31.1 Å². The number of aliphatic hydroxyl groups is 1. The Hall–Kier alpha value is -2.05. The summed E-state index contributed by atoms with van der Waals surface area (Å²) in [6.45, 7) is 6.85. The molecule has 26 heavy (non-hydrogen) atoms. The van der Waals surface area contributed by atoms with E-state index in [1.54, 1.807) is 14.0 Å². The molecule has 1 saturated heterocycles. The third-order valence-corrected chi connectivity index (χ3v) is 5.69. The van der Waals surface area contributed by atoms with Gasteiger partial charge in [0, 0.05) is 37.9 Å². The Bertz CT molecular complexity index is 733. The van der Waals surface area contributed by atoms with Gasteiger partial charge in [-0.25, -0.2) is 0 Å². The molecule has 0 aliphatic carbocycles. The van der Waals surface area contributed by atoms with Crippen LogP contribution in [0.5, 0.6) is 5.75 Å². The SMILES string of the molecule is COc1ccc(N2CCC(N3CCn4nc([C@H](C)O)cc4C3)CC2)cc1. The molecule has 0 spiro atoms. The van der Waals surface area contributed by atoms with Crippen molar-refractivity contribution >= 4 is 5.69 Å². The minimum absolute atomic E-state index is 0.491. The Kier molecular flexibility index (Phi) is 4.87. The van der Waals surface area contributed by atoms with E-state index in [1.165, 1.54) is 24.2 Å². The normalized spacial score (nSPS) is 20.0. The standard InChI is InChI=1S/C20H28N4O2/c1-15(25)20-13-18-14-23(11-12-24(18)21-20)17-7-9-22(10-8-17)16-3-5-19(26-2)6-4-16/h3-6,13,15,17,25H,7-12,14H2,1-2H3/t15-/m0/s1. The highest BCUT2D eigenvalue weighted by molar-refractivity contribution is 5.49. The first kappa shape index (κ1) is 17.4. The topological polar surface area (TPSA) is 53.8 Å². The molecule has 0 unspecified atom stereocenters. The molecule has 6 nitrogen and oxygen atoms in total. The minimum atomic E-state index is -0.491. The van der Waals surface area contributed by atoms with Gasteiger partial charge in [0.2, 0.25) is 0 Å². The van der Waals surface area contributed by atoms with E-state index in [9.17, 15) is 5.11 Å². The number of anilines is 1. The Balaban J connectivity index is 1.36. The smallest absolute Gasteiger partial charge is 0.119 e. The lowest BCUT2D eigenvalue weighted by Crippen LogP contribution is -2.47. The summed E-state index contributed by atoms with van der Waals surface area (Å²) in [5.41, 5.74) is 3.29. The van der Waals surface area contributed by atoms with Crippen LogP contribution in [0.4, 0.5) is 5.69 Å². The number of piperidine rings is 1. The summed E-state index contributed by atoms with van der Waals surface area (Å²) in [5, 5.41) is 14.3. The maximum absolute atomic E-state index is 9.76. The number of hydrogen-bond acceptors (Lipinski definition) is 5. The van der Waals surface area contributed by atoms with Crippen LogP contribution in [0.25, 0.3) is 0 Å². The van der Waals surface area contributed by atoms with Gasteiger partial charge in [0.15, 0.2) is 0 Å². The van der Waals surface area contributed by atoms with E-state index in [1.807, 2.05) is 12.1 Å². The van der Waals surface area contributed by atoms with Crippen LogP contribution in [0.15, 0.2) is 30.3 Å². The number of aromatic nitrogens is 2. The number of rotatable bonds is 4. The van der Waals surface area contributed by atoms with Crippen LogP contribution < -0.4 is 9.64 Å². The summed E-state index contributed by atoms with van der Waals surface area (Å²) in [6.07, 6.45) is 1.88. The fraction of sp³-hybridized carbons (Fsp3) is 0.550. The molecule has 2 aliphatic rings. The van der Waals surface area contributed by atoms with E-state index >= 15 is 0 Å². The van der Waals surface area contributed by atoms with Crippen molar-refractivity contribution in [3.05, 3.63) is 41.7 Å². The maximum Gasteiger partial charge on any atom is 0.119 e. The lowest BCUT2D eigenvalue weighted by molar-refractivity contribution is 0.129. The molecule has 1 fully saturated rings. The molecule has 0 bridgehead atoms. The minimum Gasteiger partial charge on any atom is -0.497 e. The van der Waals surface area contributed by atoms with E-state index in [4.69, 9.17) is 4.74 Å². The summed E-state index contributed by atoms with van der Waals surface area (Å²) in [6, 6.07) is 11.1. The first-order chi connectivity index (χ1) is 12.6. The highest BCUT2D eigenvalue weighted by atomic mass is 16.5. The van der Waals surface area contributed by atoms with E-state index in [-0.39, 0.29) is 0 Å². The molecular weight excluding hydrogens is 328 g/mol. The lowest BCUT2D eigenvalue weighted by atomic mass is 10.0. The molecule has 4 rings (SSSR count). The fourth-order valence-electron chi connectivity index (χ4n) is 4.11. The van der Waals surface area contributed by atoms with E-state index in [0.29, 0.717) is 6.04 Å². The van der Waals surface area contributed by atoms with Gasteiger partial charge < -0.3 is 14.7 Å². The van der Waals surface area contributed by atoms with Gasteiger partial charge in [0.25, 0.3) is 0 Å². The first-order valence-corrected chi connectivity index (χ1v) is 9.52. The highest BCUT2D eigenvalue weighted by Crippen LogP contribution is 2.27. The van der Waals surface area contributed by atoms with Crippen molar-refractivity contribution in [2.45, 2.75) is 45.0 Å². The second-order valence-electron chi connectivity index (χ2n) is 7.35. The van der Waals surface area contributed by atoms with Crippen LogP contribution in [-0.2, 0) is 13.1 Å². The maximum atomic E-state index is 9.76.